The highest BCUT2D eigenvalue weighted by Crippen LogP contribution is 2.38. The minimum Gasteiger partial charge on any atom is -0.355 e. The Kier molecular flexibility index (Phi) is 3.99. The lowest BCUT2D eigenvalue weighted by Crippen LogP contribution is -2.27. The molecule has 0 spiro atoms. The van der Waals surface area contributed by atoms with Gasteiger partial charge in [-0.25, -0.2) is 0 Å². The summed E-state index contributed by atoms with van der Waals surface area (Å²) in [5, 5.41) is 6.82. The van der Waals surface area contributed by atoms with Crippen LogP contribution in [0.2, 0.25) is 0 Å². The van der Waals surface area contributed by atoms with Crippen LogP contribution in [0.3, 0.4) is 0 Å². The lowest BCUT2D eigenvalue weighted by Gasteiger charge is -2.04. The van der Waals surface area contributed by atoms with Gasteiger partial charge in [-0.2, -0.15) is 4.98 Å². The van der Waals surface area contributed by atoms with Crippen LogP contribution in [0.5, 0.6) is 0 Å². The van der Waals surface area contributed by atoms with Crippen molar-refractivity contribution in [1.29, 1.82) is 0 Å². The first-order valence-corrected chi connectivity index (χ1v) is 7.35. The predicted octanol–water partition coefficient (Wildman–Crippen LogP) is 2.16. The summed E-state index contributed by atoms with van der Waals surface area (Å²) in [5.41, 5.74) is 2.22. The van der Waals surface area contributed by atoms with E-state index in [0.717, 1.165) is 24.3 Å². The standard InChI is InChI=1S/C16H19N3O2/c1-11-2-4-12(5-3-11)10-15(20)17-9-8-14-18-16(21-19-14)13-6-7-13/h2-5,13H,6-10H2,1H3,(H,17,20). The Morgan fingerprint density at radius 1 is 1.33 bits per heavy atom. The van der Waals surface area contributed by atoms with Gasteiger partial charge < -0.3 is 9.84 Å². The molecule has 1 aromatic carbocycles. The molecule has 1 aliphatic rings. The molecular weight excluding hydrogens is 266 g/mol. The number of benzene rings is 1. The minimum absolute atomic E-state index is 0.0183. The Bertz CT molecular complexity index is 615. The largest absolute Gasteiger partial charge is 0.355 e. The minimum atomic E-state index is 0.0183. The summed E-state index contributed by atoms with van der Waals surface area (Å²) in [6.45, 7) is 2.57. The first kappa shape index (κ1) is 13.8. The summed E-state index contributed by atoms with van der Waals surface area (Å²) in [7, 11) is 0. The highest BCUT2D eigenvalue weighted by atomic mass is 16.5. The number of hydrogen-bond donors (Lipinski definition) is 1. The van der Waals surface area contributed by atoms with Gasteiger partial charge in [0, 0.05) is 18.9 Å². The number of aryl methyl sites for hydroxylation is 1. The first-order chi connectivity index (χ1) is 10.2. The number of carbonyl (C=O) groups excluding carboxylic acids is 1. The smallest absolute Gasteiger partial charge is 0.229 e. The van der Waals surface area contributed by atoms with Crippen molar-refractivity contribution in [1.82, 2.24) is 15.5 Å². The summed E-state index contributed by atoms with van der Waals surface area (Å²) < 4.78 is 5.18. The summed E-state index contributed by atoms with van der Waals surface area (Å²) in [6, 6.07) is 7.99. The Hall–Kier alpha value is -2.17. The van der Waals surface area contributed by atoms with E-state index in [1.165, 1.54) is 5.56 Å². The van der Waals surface area contributed by atoms with E-state index in [9.17, 15) is 4.79 Å². The molecule has 5 nitrogen and oxygen atoms in total. The van der Waals surface area contributed by atoms with Gasteiger partial charge in [0.1, 0.15) is 0 Å². The Morgan fingerprint density at radius 2 is 2.10 bits per heavy atom. The fraction of sp³-hybridized carbons (Fsp3) is 0.438. The van der Waals surface area contributed by atoms with E-state index < -0.39 is 0 Å². The number of amides is 1. The molecule has 1 heterocycles. The molecule has 1 N–H and O–H groups in total. The van der Waals surface area contributed by atoms with Crippen molar-refractivity contribution in [3.63, 3.8) is 0 Å². The van der Waals surface area contributed by atoms with Gasteiger partial charge in [-0.3, -0.25) is 4.79 Å². The molecule has 1 saturated carbocycles. The fourth-order valence-electron chi connectivity index (χ4n) is 2.13. The Morgan fingerprint density at radius 3 is 2.81 bits per heavy atom. The maximum absolute atomic E-state index is 11.8. The third kappa shape index (κ3) is 3.90. The molecule has 2 aromatic rings. The molecule has 5 heteroatoms. The number of nitrogens with zero attached hydrogens (tertiary/aromatic N) is 2. The van der Waals surface area contributed by atoms with Crippen LogP contribution in [0.15, 0.2) is 28.8 Å². The van der Waals surface area contributed by atoms with Gasteiger partial charge in [0.15, 0.2) is 5.82 Å². The van der Waals surface area contributed by atoms with Crippen LogP contribution in [0, 0.1) is 6.92 Å². The van der Waals surface area contributed by atoms with Crippen molar-refractivity contribution in [3.8, 4) is 0 Å². The van der Waals surface area contributed by atoms with E-state index >= 15 is 0 Å². The number of hydrogen-bond acceptors (Lipinski definition) is 4. The lowest BCUT2D eigenvalue weighted by molar-refractivity contribution is -0.120. The zero-order valence-corrected chi connectivity index (χ0v) is 12.1. The van der Waals surface area contributed by atoms with Crippen LogP contribution in [0.1, 0.15) is 41.6 Å². The van der Waals surface area contributed by atoms with Gasteiger partial charge in [-0.1, -0.05) is 35.0 Å². The number of nitrogens with one attached hydrogen (secondary N) is 1. The van der Waals surface area contributed by atoms with Crippen LogP contribution < -0.4 is 5.32 Å². The molecule has 21 heavy (non-hydrogen) atoms. The van der Waals surface area contributed by atoms with Gasteiger partial charge in [0.25, 0.3) is 0 Å². The summed E-state index contributed by atoms with van der Waals surface area (Å²) in [6.07, 6.45) is 3.31. The zero-order valence-electron chi connectivity index (χ0n) is 12.1. The van der Waals surface area contributed by atoms with E-state index in [1.807, 2.05) is 31.2 Å². The molecule has 1 fully saturated rings. The molecule has 1 aromatic heterocycles. The summed E-state index contributed by atoms with van der Waals surface area (Å²) >= 11 is 0. The third-order valence-electron chi connectivity index (χ3n) is 3.57. The number of carbonyl (C=O) groups is 1. The summed E-state index contributed by atoms with van der Waals surface area (Å²) in [5.74, 6) is 1.91. The van der Waals surface area contributed by atoms with Crippen molar-refractivity contribution < 1.29 is 9.32 Å². The van der Waals surface area contributed by atoms with E-state index in [2.05, 4.69) is 15.5 Å². The Labute approximate surface area is 123 Å². The predicted molar refractivity (Wildman–Crippen MR) is 77.9 cm³/mol. The molecule has 0 saturated heterocycles. The molecule has 1 aliphatic carbocycles. The maximum atomic E-state index is 11.8. The average molecular weight is 285 g/mol. The van der Waals surface area contributed by atoms with E-state index in [0.29, 0.717) is 31.1 Å². The molecule has 110 valence electrons. The van der Waals surface area contributed by atoms with Crippen molar-refractivity contribution in [2.75, 3.05) is 6.54 Å². The maximum Gasteiger partial charge on any atom is 0.229 e. The third-order valence-corrected chi connectivity index (χ3v) is 3.57. The quantitative estimate of drug-likeness (QED) is 0.883. The SMILES string of the molecule is Cc1ccc(CC(=O)NCCc2noc(C3CC3)n2)cc1. The van der Waals surface area contributed by atoms with Crippen molar-refractivity contribution in [2.45, 2.75) is 38.5 Å². The van der Waals surface area contributed by atoms with Gasteiger partial charge in [-0.15, -0.1) is 0 Å². The van der Waals surface area contributed by atoms with Crippen LogP contribution >= 0.6 is 0 Å². The molecular formula is C16H19N3O2. The van der Waals surface area contributed by atoms with Gasteiger partial charge in [0.05, 0.1) is 6.42 Å². The lowest BCUT2D eigenvalue weighted by atomic mass is 10.1. The second kappa shape index (κ2) is 6.08. The van der Waals surface area contributed by atoms with Crippen molar-refractivity contribution in [3.05, 3.63) is 47.1 Å². The Balaban J connectivity index is 1.41. The van der Waals surface area contributed by atoms with Crippen molar-refractivity contribution in [2.24, 2.45) is 0 Å². The van der Waals surface area contributed by atoms with Gasteiger partial charge >= 0.3 is 0 Å². The monoisotopic (exact) mass is 285 g/mol. The molecule has 0 bridgehead atoms. The van der Waals surface area contributed by atoms with Crippen LogP contribution in [0.4, 0.5) is 0 Å². The van der Waals surface area contributed by atoms with Crippen LogP contribution in [-0.2, 0) is 17.6 Å². The van der Waals surface area contributed by atoms with Crippen LogP contribution in [-0.4, -0.2) is 22.6 Å². The number of aromatic nitrogens is 2. The van der Waals surface area contributed by atoms with E-state index in [4.69, 9.17) is 4.52 Å². The van der Waals surface area contributed by atoms with E-state index in [1.54, 1.807) is 0 Å². The highest BCUT2D eigenvalue weighted by Gasteiger charge is 2.29. The fourth-order valence-corrected chi connectivity index (χ4v) is 2.13. The summed E-state index contributed by atoms with van der Waals surface area (Å²) in [4.78, 5) is 16.2. The molecule has 0 aliphatic heterocycles. The van der Waals surface area contributed by atoms with E-state index in [-0.39, 0.29) is 5.91 Å². The average Bonchev–Trinajstić information content (AvgIpc) is 3.22. The zero-order chi connectivity index (χ0) is 14.7. The van der Waals surface area contributed by atoms with Crippen molar-refractivity contribution >= 4 is 5.91 Å². The van der Waals surface area contributed by atoms with Gasteiger partial charge in [0.2, 0.25) is 11.8 Å². The molecule has 1 amide bonds. The number of rotatable bonds is 6. The second-order valence-electron chi connectivity index (χ2n) is 5.59. The van der Waals surface area contributed by atoms with Crippen LogP contribution in [0.25, 0.3) is 0 Å². The molecule has 0 unspecified atom stereocenters. The first-order valence-electron chi connectivity index (χ1n) is 7.35. The second-order valence-corrected chi connectivity index (χ2v) is 5.59. The molecule has 3 rings (SSSR count). The highest BCUT2D eigenvalue weighted by molar-refractivity contribution is 5.78. The molecule has 0 radical (unpaired) electrons. The normalized spacial score (nSPS) is 14.1. The van der Waals surface area contributed by atoms with Gasteiger partial charge in [-0.05, 0) is 25.3 Å². The topological polar surface area (TPSA) is 68.0 Å². The molecule has 0 atom stereocenters.